The van der Waals surface area contributed by atoms with Gasteiger partial charge < -0.3 is 25.8 Å². The number of carbonyl (C=O) groups excluding carboxylic acids is 2. The van der Waals surface area contributed by atoms with Crippen LogP contribution in [-0.4, -0.2) is 37.6 Å². The first-order valence-electron chi connectivity index (χ1n) is 9.63. The second-order valence-electron chi connectivity index (χ2n) is 6.85. The van der Waals surface area contributed by atoms with E-state index in [0.29, 0.717) is 29.3 Å². The Kier molecular flexibility index (Phi) is 10.1. The zero-order chi connectivity index (χ0) is 21.3. The average Bonchev–Trinajstić information content (AvgIpc) is 2.76. The fraction of sp³-hybridized carbons (Fsp3) is 0.364. The normalized spacial score (nSPS) is 10.5. The second-order valence-corrected chi connectivity index (χ2v) is 6.85. The van der Waals surface area contributed by atoms with Crippen molar-refractivity contribution in [1.29, 1.82) is 0 Å². The van der Waals surface area contributed by atoms with Gasteiger partial charge in [-0.05, 0) is 49.2 Å². The number of carbonyl (C=O) groups is 2. The maximum Gasteiger partial charge on any atom is 0.262 e. The molecule has 0 saturated heterocycles. The summed E-state index contributed by atoms with van der Waals surface area (Å²) >= 11 is 0. The van der Waals surface area contributed by atoms with E-state index in [-0.39, 0.29) is 30.8 Å². The molecule has 30 heavy (non-hydrogen) atoms. The molecule has 164 valence electrons. The van der Waals surface area contributed by atoms with Crippen LogP contribution in [0.3, 0.4) is 0 Å². The third kappa shape index (κ3) is 7.57. The smallest absolute Gasteiger partial charge is 0.262 e. The molecule has 2 rings (SSSR count). The van der Waals surface area contributed by atoms with E-state index in [9.17, 15) is 9.59 Å². The first-order valence-corrected chi connectivity index (χ1v) is 9.63. The Hall–Kier alpha value is -2.77. The third-order valence-corrected chi connectivity index (χ3v) is 4.85. The largest absolute Gasteiger partial charge is 0.497 e. The van der Waals surface area contributed by atoms with Gasteiger partial charge in [0.2, 0.25) is 0 Å². The van der Waals surface area contributed by atoms with Crippen LogP contribution in [0.25, 0.3) is 0 Å². The van der Waals surface area contributed by atoms with Gasteiger partial charge in [0.05, 0.1) is 7.11 Å². The molecule has 0 aliphatic rings. The van der Waals surface area contributed by atoms with Crippen molar-refractivity contribution in [2.24, 2.45) is 5.73 Å². The summed E-state index contributed by atoms with van der Waals surface area (Å²) in [4.78, 5) is 24.3. The van der Waals surface area contributed by atoms with Crippen LogP contribution in [-0.2, 0) is 4.79 Å². The summed E-state index contributed by atoms with van der Waals surface area (Å²) in [5.41, 5.74) is 6.95. The molecule has 0 saturated carbocycles. The molecule has 0 radical (unpaired) electrons. The molecule has 0 unspecified atom stereocenters. The number of methoxy groups -OCH3 is 1. The molecule has 0 aromatic heterocycles. The van der Waals surface area contributed by atoms with Gasteiger partial charge in [0.15, 0.2) is 6.61 Å². The highest BCUT2D eigenvalue weighted by Crippen LogP contribution is 2.17. The Morgan fingerprint density at radius 1 is 1.03 bits per heavy atom. The quantitative estimate of drug-likeness (QED) is 0.530. The predicted octanol–water partition coefficient (Wildman–Crippen LogP) is 3.38. The molecule has 7 nitrogen and oxygen atoms in total. The summed E-state index contributed by atoms with van der Waals surface area (Å²) in [5.74, 6) is 0.669. The number of anilines is 1. The van der Waals surface area contributed by atoms with Crippen LogP contribution < -0.4 is 25.8 Å². The SMILES string of the molecule is CCC(N)(CC)CNC(=O)c1ccc(OCC(=O)Nc2cccc(OC)c2)cc1.Cl. The summed E-state index contributed by atoms with van der Waals surface area (Å²) in [7, 11) is 1.56. The molecule has 0 aliphatic heterocycles. The predicted molar refractivity (Wildman–Crippen MR) is 121 cm³/mol. The van der Waals surface area contributed by atoms with Crippen LogP contribution >= 0.6 is 12.4 Å². The van der Waals surface area contributed by atoms with Crippen molar-refractivity contribution in [2.75, 3.05) is 25.6 Å². The Labute approximate surface area is 183 Å². The number of hydrogen-bond donors (Lipinski definition) is 3. The lowest BCUT2D eigenvalue weighted by Gasteiger charge is -2.26. The first kappa shape index (κ1) is 25.3. The molecule has 0 fully saturated rings. The maximum atomic E-state index is 12.3. The van der Waals surface area contributed by atoms with Gasteiger partial charge >= 0.3 is 0 Å². The van der Waals surface area contributed by atoms with Gasteiger partial charge in [0, 0.05) is 29.4 Å². The second kappa shape index (κ2) is 12.0. The number of nitrogens with two attached hydrogens (primary N) is 1. The van der Waals surface area contributed by atoms with Gasteiger partial charge in [0.1, 0.15) is 11.5 Å². The number of hydrogen-bond acceptors (Lipinski definition) is 5. The minimum absolute atomic E-state index is 0. The minimum Gasteiger partial charge on any atom is -0.497 e. The standard InChI is InChI=1S/C22H29N3O4.ClH/c1-4-22(23,5-2)15-24-21(27)16-9-11-18(12-10-16)29-14-20(26)25-17-7-6-8-19(13-17)28-3;/h6-13H,4-5,14-15,23H2,1-3H3,(H,24,27)(H,25,26);1H. The molecule has 4 N–H and O–H groups in total. The Balaban J connectivity index is 0.00000450. The highest BCUT2D eigenvalue weighted by atomic mass is 35.5. The van der Waals surface area contributed by atoms with Gasteiger partial charge in [-0.2, -0.15) is 0 Å². The van der Waals surface area contributed by atoms with Crippen LogP contribution in [0.5, 0.6) is 11.5 Å². The van der Waals surface area contributed by atoms with Crippen LogP contribution in [0.15, 0.2) is 48.5 Å². The molecule has 0 aliphatic carbocycles. The molecule has 0 heterocycles. The van der Waals surface area contributed by atoms with Crippen molar-refractivity contribution < 1.29 is 19.1 Å². The first-order chi connectivity index (χ1) is 13.9. The molecule has 2 aromatic rings. The molecule has 0 atom stereocenters. The molecule has 2 amide bonds. The Bertz CT molecular complexity index is 823. The number of rotatable bonds is 10. The number of nitrogens with one attached hydrogen (secondary N) is 2. The Morgan fingerprint density at radius 3 is 2.30 bits per heavy atom. The van der Waals surface area contributed by atoms with Crippen molar-refractivity contribution in [1.82, 2.24) is 5.32 Å². The molecular formula is C22H30ClN3O4. The highest BCUT2D eigenvalue weighted by molar-refractivity contribution is 5.94. The molecule has 0 spiro atoms. The fourth-order valence-corrected chi connectivity index (χ4v) is 2.61. The molecule has 0 bridgehead atoms. The van der Waals surface area contributed by atoms with Crippen molar-refractivity contribution in [3.05, 3.63) is 54.1 Å². The number of benzene rings is 2. The van der Waals surface area contributed by atoms with E-state index in [1.807, 2.05) is 13.8 Å². The maximum absolute atomic E-state index is 12.3. The zero-order valence-corrected chi connectivity index (χ0v) is 18.4. The topological polar surface area (TPSA) is 103 Å². The Morgan fingerprint density at radius 2 is 1.70 bits per heavy atom. The summed E-state index contributed by atoms with van der Waals surface area (Å²) < 4.78 is 10.6. The lowest BCUT2D eigenvalue weighted by atomic mass is 9.94. The molecular weight excluding hydrogens is 406 g/mol. The van der Waals surface area contributed by atoms with E-state index in [1.54, 1.807) is 55.6 Å². The monoisotopic (exact) mass is 435 g/mol. The number of ether oxygens (including phenoxy) is 2. The third-order valence-electron chi connectivity index (χ3n) is 4.85. The van der Waals surface area contributed by atoms with Crippen LogP contribution in [0.4, 0.5) is 5.69 Å². The fourth-order valence-electron chi connectivity index (χ4n) is 2.61. The average molecular weight is 436 g/mol. The minimum atomic E-state index is -0.394. The van der Waals surface area contributed by atoms with Crippen molar-refractivity contribution in [2.45, 2.75) is 32.2 Å². The highest BCUT2D eigenvalue weighted by Gasteiger charge is 2.21. The van der Waals surface area contributed by atoms with E-state index in [1.165, 1.54) is 0 Å². The molecule has 8 heteroatoms. The van der Waals surface area contributed by atoms with E-state index in [2.05, 4.69) is 10.6 Å². The lowest BCUT2D eigenvalue weighted by Crippen LogP contribution is -2.49. The van der Waals surface area contributed by atoms with Gasteiger partial charge in [-0.25, -0.2) is 0 Å². The summed E-state index contributed by atoms with van der Waals surface area (Å²) in [6.07, 6.45) is 1.57. The summed E-state index contributed by atoms with van der Waals surface area (Å²) in [5, 5.41) is 5.61. The summed E-state index contributed by atoms with van der Waals surface area (Å²) in [6.45, 7) is 4.28. The van der Waals surface area contributed by atoms with Crippen LogP contribution in [0.2, 0.25) is 0 Å². The van der Waals surface area contributed by atoms with Gasteiger partial charge in [-0.1, -0.05) is 19.9 Å². The van der Waals surface area contributed by atoms with Crippen molar-refractivity contribution >= 4 is 29.9 Å². The van der Waals surface area contributed by atoms with Gasteiger partial charge in [-0.3, -0.25) is 9.59 Å². The van der Waals surface area contributed by atoms with E-state index < -0.39 is 5.54 Å². The van der Waals surface area contributed by atoms with E-state index in [0.717, 1.165) is 12.8 Å². The van der Waals surface area contributed by atoms with Gasteiger partial charge in [0.25, 0.3) is 11.8 Å². The van der Waals surface area contributed by atoms with E-state index >= 15 is 0 Å². The number of amides is 2. The molecule has 2 aromatic carbocycles. The van der Waals surface area contributed by atoms with Crippen molar-refractivity contribution in [3.8, 4) is 11.5 Å². The van der Waals surface area contributed by atoms with Crippen molar-refractivity contribution in [3.63, 3.8) is 0 Å². The van der Waals surface area contributed by atoms with Gasteiger partial charge in [-0.15, -0.1) is 12.4 Å². The van der Waals surface area contributed by atoms with Crippen LogP contribution in [0.1, 0.15) is 37.0 Å². The zero-order valence-electron chi connectivity index (χ0n) is 17.6. The van der Waals surface area contributed by atoms with Crippen LogP contribution in [0, 0.1) is 0 Å². The van der Waals surface area contributed by atoms with E-state index in [4.69, 9.17) is 15.2 Å². The number of halogens is 1. The summed E-state index contributed by atoms with van der Waals surface area (Å²) in [6, 6.07) is 13.7. The lowest BCUT2D eigenvalue weighted by molar-refractivity contribution is -0.118.